The van der Waals surface area contributed by atoms with Crippen LogP contribution in [0.1, 0.15) is 28.8 Å². The van der Waals surface area contributed by atoms with E-state index in [-0.39, 0.29) is 12.7 Å². The predicted molar refractivity (Wildman–Crippen MR) is 82.4 cm³/mol. The third kappa shape index (κ3) is 4.78. The van der Waals surface area contributed by atoms with Crippen LogP contribution in [0.15, 0.2) is 22.7 Å². The van der Waals surface area contributed by atoms with Crippen LogP contribution >= 0.6 is 15.9 Å². The summed E-state index contributed by atoms with van der Waals surface area (Å²) in [6.45, 7) is 3.18. The largest absolute Gasteiger partial charge is 0.478 e. The highest BCUT2D eigenvalue weighted by Crippen LogP contribution is 2.22. The van der Waals surface area contributed by atoms with E-state index in [9.17, 15) is 4.79 Å². The van der Waals surface area contributed by atoms with E-state index in [1.807, 2.05) is 6.07 Å². The molecule has 2 rings (SSSR count). The Morgan fingerprint density at radius 2 is 2.10 bits per heavy atom. The number of aliphatic hydroxyl groups excluding tert-OH is 1. The monoisotopic (exact) mass is 357 g/mol. The Labute approximate surface area is 132 Å². The number of carboxylic acid groups (broad SMARTS) is 1. The SMILES string of the molecule is O=C(O)c1ccc(CN2CCC(OCCO)CC2)c(Br)c1. The molecule has 6 heteroatoms. The highest BCUT2D eigenvalue weighted by atomic mass is 79.9. The molecule has 5 nitrogen and oxygen atoms in total. The van der Waals surface area contributed by atoms with Crippen molar-refractivity contribution in [3.63, 3.8) is 0 Å². The van der Waals surface area contributed by atoms with Gasteiger partial charge < -0.3 is 14.9 Å². The number of carboxylic acids is 1. The van der Waals surface area contributed by atoms with E-state index in [4.69, 9.17) is 14.9 Å². The molecule has 0 unspecified atom stereocenters. The fourth-order valence-electron chi connectivity index (χ4n) is 2.50. The summed E-state index contributed by atoms with van der Waals surface area (Å²) in [5.74, 6) is -0.913. The summed E-state index contributed by atoms with van der Waals surface area (Å²) in [7, 11) is 0. The number of hydrogen-bond donors (Lipinski definition) is 2. The quantitative estimate of drug-likeness (QED) is 0.815. The first-order valence-corrected chi connectivity index (χ1v) is 7.86. The first-order chi connectivity index (χ1) is 10.1. The summed E-state index contributed by atoms with van der Waals surface area (Å²) in [6, 6.07) is 5.15. The Morgan fingerprint density at radius 1 is 1.38 bits per heavy atom. The van der Waals surface area contributed by atoms with Crippen LogP contribution < -0.4 is 0 Å². The van der Waals surface area contributed by atoms with E-state index in [2.05, 4.69) is 20.8 Å². The van der Waals surface area contributed by atoms with Gasteiger partial charge in [-0.2, -0.15) is 0 Å². The Hall–Kier alpha value is -0.950. The van der Waals surface area contributed by atoms with Gasteiger partial charge in [0.1, 0.15) is 0 Å². The summed E-state index contributed by atoms with van der Waals surface area (Å²) in [6.07, 6.45) is 2.17. The molecule has 0 saturated carbocycles. The zero-order chi connectivity index (χ0) is 15.2. The van der Waals surface area contributed by atoms with Gasteiger partial charge >= 0.3 is 5.97 Å². The molecule has 1 aromatic rings. The van der Waals surface area contributed by atoms with Crippen molar-refractivity contribution in [3.05, 3.63) is 33.8 Å². The van der Waals surface area contributed by atoms with Crippen LogP contribution in [-0.4, -0.2) is 53.5 Å². The average Bonchev–Trinajstić information content (AvgIpc) is 2.48. The molecule has 0 aromatic heterocycles. The first kappa shape index (κ1) is 16.4. The smallest absolute Gasteiger partial charge is 0.335 e. The summed E-state index contributed by atoms with van der Waals surface area (Å²) >= 11 is 3.45. The van der Waals surface area contributed by atoms with E-state index >= 15 is 0 Å². The molecule has 1 saturated heterocycles. The zero-order valence-electron chi connectivity index (χ0n) is 11.8. The fraction of sp³-hybridized carbons (Fsp3) is 0.533. The zero-order valence-corrected chi connectivity index (χ0v) is 13.4. The van der Waals surface area contributed by atoms with Gasteiger partial charge in [-0.1, -0.05) is 22.0 Å². The van der Waals surface area contributed by atoms with E-state index in [0.29, 0.717) is 12.2 Å². The second-order valence-electron chi connectivity index (χ2n) is 5.18. The van der Waals surface area contributed by atoms with Gasteiger partial charge in [0.15, 0.2) is 0 Å². The Bertz CT molecular complexity index is 487. The molecule has 0 amide bonds. The number of aliphatic hydroxyl groups is 1. The maximum Gasteiger partial charge on any atom is 0.335 e. The molecule has 2 N–H and O–H groups in total. The third-order valence-corrected chi connectivity index (χ3v) is 4.41. The van der Waals surface area contributed by atoms with Crippen LogP contribution in [0.4, 0.5) is 0 Å². The van der Waals surface area contributed by atoms with Crippen molar-refractivity contribution in [3.8, 4) is 0 Å². The lowest BCUT2D eigenvalue weighted by atomic mass is 10.1. The van der Waals surface area contributed by atoms with Gasteiger partial charge in [-0.25, -0.2) is 4.79 Å². The molecule has 0 radical (unpaired) electrons. The minimum Gasteiger partial charge on any atom is -0.478 e. The molecule has 1 aromatic carbocycles. The summed E-state index contributed by atoms with van der Waals surface area (Å²) in [5.41, 5.74) is 1.39. The first-order valence-electron chi connectivity index (χ1n) is 7.06. The van der Waals surface area contributed by atoms with Gasteiger partial charge in [-0.15, -0.1) is 0 Å². The number of nitrogens with zero attached hydrogens (tertiary/aromatic N) is 1. The van der Waals surface area contributed by atoms with E-state index in [1.165, 1.54) is 0 Å². The third-order valence-electron chi connectivity index (χ3n) is 3.67. The normalized spacial score (nSPS) is 17.0. The highest BCUT2D eigenvalue weighted by molar-refractivity contribution is 9.10. The summed E-state index contributed by atoms with van der Waals surface area (Å²) < 4.78 is 6.38. The van der Waals surface area contributed by atoms with Crippen molar-refractivity contribution in [2.45, 2.75) is 25.5 Å². The number of ether oxygens (including phenoxy) is 1. The summed E-state index contributed by atoms with van der Waals surface area (Å²) in [5, 5.41) is 17.7. The Morgan fingerprint density at radius 3 is 2.67 bits per heavy atom. The molecule has 1 aliphatic heterocycles. The topological polar surface area (TPSA) is 70.0 Å². The summed E-state index contributed by atoms with van der Waals surface area (Å²) in [4.78, 5) is 13.2. The maximum absolute atomic E-state index is 10.9. The van der Waals surface area contributed by atoms with Crippen LogP contribution in [0, 0.1) is 0 Å². The lowest BCUT2D eigenvalue weighted by molar-refractivity contribution is -0.00904. The van der Waals surface area contributed by atoms with Crippen LogP contribution in [0.2, 0.25) is 0 Å². The second kappa shape index (κ2) is 7.89. The number of likely N-dealkylation sites (tertiary alicyclic amines) is 1. The molecule has 0 atom stereocenters. The Kier molecular flexibility index (Phi) is 6.17. The van der Waals surface area contributed by atoms with Crippen molar-refractivity contribution < 1.29 is 19.7 Å². The molecule has 0 spiro atoms. The highest BCUT2D eigenvalue weighted by Gasteiger charge is 2.20. The maximum atomic E-state index is 10.9. The number of hydrogen-bond acceptors (Lipinski definition) is 4. The van der Waals surface area contributed by atoms with Gasteiger partial charge in [0, 0.05) is 24.1 Å². The van der Waals surface area contributed by atoms with Crippen LogP contribution in [-0.2, 0) is 11.3 Å². The van der Waals surface area contributed by atoms with Crippen molar-refractivity contribution in [2.75, 3.05) is 26.3 Å². The predicted octanol–water partition coefficient (Wildman–Crippen LogP) is 2.12. The van der Waals surface area contributed by atoms with Crippen molar-refractivity contribution in [1.29, 1.82) is 0 Å². The molecular formula is C15H20BrNO4. The van der Waals surface area contributed by atoms with Gasteiger partial charge in [-0.3, -0.25) is 4.90 Å². The van der Waals surface area contributed by atoms with Gasteiger partial charge in [0.2, 0.25) is 0 Å². The van der Waals surface area contributed by atoms with Crippen molar-refractivity contribution in [1.82, 2.24) is 4.90 Å². The lowest BCUT2D eigenvalue weighted by Gasteiger charge is -2.32. The minimum atomic E-state index is -0.913. The van der Waals surface area contributed by atoms with Crippen molar-refractivity contribution in [2.24, 2.45) is 0 Å². The Balaban J connectivity index is 1.87. The molecule has 21 heavy (non-hydrogen) atoms. The molecule has 0 bridgehead atoms. The van der Waals surface area contributed by atoms with Crippen LogP contribution in [0.5, 0.6) is 0 Å². The fourth-order valence-corrected chi connectivity index (χ4v) is 3.01. The van der Waals surface area contributed by atoms with E-state index in [0.717, 1.165) is 42.5 Å². The standard InChI is InChI=1S/C15H20BrNO4/c16-14-9-11(15(19)20)1-2-12(14)10-17-5-3-13(4-6-17)21-8-7-18/h1-2,9,13,18H,3-8,10H2,(H,19,20). The average molecular weight is 358 g/mol. The molecule has 1 fully saturated rings. The van der Waals surface area contributed by atoms with Gasteiger partial charge in [0.25, 0.3) is 0 Å². The number of rotatable bonds is 6. The number of piperidine rings is 1. The van der Waals surface area contributed by atoms with E-state index in [1.54, 1.807) is 12.1 Å². The molecule has 1 heterocycles. The number of halogens is 1. The van der Waals surface area contributed by atoms with Gasteiger partial charge in [0.05, 0.1) is 24.9 Å². The van der Waals surface area contributed by atoms with Gasteiger partial charge in [-0.05, 0) is 30.5 Å². The number of carbonyl (C=O) groups is 1. The van der Waals surface area contributed by atoms with Crippen LogP contribution in [0.3, 0.4) is 0 Å². The van der Waals surface area contributed by atoms with Crippen molar-refractivity contribution >= 4 is 21.9 Å². The molecule has 1 aliphatic rings. The molecular weight excluding hydrogens is 338 g/mol. The van der Waals surface area contributed by atoms with Crippen LogP contribution in [0.25, 0.3) is 0 Å². The lowest BCUT2D eigenvalue weighted by Crippen LogP contribution is -2.37. The second-order valence-corrected chi connectivity index (χ2v) is 6.04. The molecule has 0 aliphatic carbocycles. The minimum absolute atomic E-state index is 0.0725. The van der Waals surface area contributed by atoms with E-state index < -0.39 is 5.97 Å². The molecule has 116 valence electrons. The number of aromatic carboxylic acids is 1. The number of benzene rings is 1.